The Balaban J connectivity index is 1.91. The van der Waals surface area contributed by atoms with Crippen molar-refractivity contribution in [3.05, 3.63) is 28.2 Å². The summed E-state index contributed by atoms with van der Waals surface area (Å²) in [6.45, 7) is 13.3. The van der Waals surface area contributed by atoms with Crippen LogP contribution in [0.4, 0.5) is 0 Å². The van der Waals surface area contributed by atoms with Gasteiger partial charge in [0.15, 0.2) is 5.82 Å². The average molecular weight is 307 g/mol. The number of nitrogens with one attached hydrogen (secondary N) is 1. The first-order valence-electron chi connectivity index (χ1n) is 7.38. The van der Waals surface area contributed by atoms with Crippen molar-refractivity contribution in [2.24, 2.45) is 5.92 Å². The lowest BCUT2D eigenvalue weighted by Gasteiger charge is -2.14. The maximum atomic E-state index is 4.69. The summed E-state index contributed by atoms with van der Waals surface area (Å²) in [7, 11) is 0. The standard InChI is InChI=1S/C15H25N5S/c1-11(2)6-16-7-13-17-10-20(19-13)8-14-18-12(9-21-14)15(3,4)5/h9-11,16H,6-8H2,1-5H3. The van der Waals surface area contributed by atoms with E-state index in [-0.39, 0.29) is 5.41 Å². The summed E-state index contributed by atoms with van der Waals surface area (Å²) < 4.78 is 1.86. The normalized spacial score (nSPS) is 12.3. The summed E-state index contributed by atoms with van der Waals surface area (Å²) in [6, 6.07) is 0. The molecule has 116 valence electrons. The topological polar surface area (TPSA) is 55.6 Å². The van der Waals surface area contributed by atoms with Crippen LogP contribution in [0, 0.1) is 5.92 Å². The van der Waals surface area contributed by atoms with Gasteiger partial charge in [0.25, 0.3) is 0 Å². The molecule has 0 aromatic carbocycles. The molecular weight excluding hydrogens is 282 g/mol. The van der Waals surface area contributed by atoms with Crippen LogP contribution in [0.15, 0.2) is 11.7 Å². The molecule has 0 fully saturated rings. The van der Waals surface area contributed by atoms with Gasteiger partial charge in [0.05, 0.1) is 18.8 Å². The van der Waals surface area contributed by atoms with Gasteiger partial charge in [-0.05, 0) is 12.5 Å². The number of nitrogens with zero attached hydrogens (tertiary/aromatic N) is 4. The van der Waals surface area contributed by atoms with Crippen LogP contribution in [0.3, 0.4) is 0 Å². The first kappa shape index (κ1) is 16.1. The Hall–Kier alpha value is -1.27. The molecule has 0 spiro atoms. The third-order valence-corrected chi connectivity index (χ3v) is 3.87. The molecular formula is C15H25N5S. The summed E-state index contributed by atoms with van der Waals surface area (Å²) in [6.07, 6.45) is 1.78. The number of rotatable bonds is 6. The summed E-state index contributed by atoms with van der Waals surface area (Å²) in [5.74, 6) is 1.47. The Morgan fingerprint density at radius 3 is 2.71 bits per heavy atom. The first-order valence-corrected chi connectivity index (χ1v) is 8.26. The van der Waals surface area contributed by atoms with Gasteiger partial charge < -0.3 is 5.32 Å². The molecule has 0 aliphatic carbocycles. The lowest BCUT2D eigenvalue weighted by atomic mass is 9.93. The lowest BCUT2D eigenvalue weighted by Crippen LogP contribution is -2.19. The third kappa shape index (κ3) is 4.89. The Morgan fingerprint density at radius 2 is 2.10 bits per heavy atom. The predicted octanol–water partition coefficient (Wildman–Crippen LogP) is 2.83. The molecule has 2 aromatic rings. The smallest absolute Gasteiger partial charge is 0.164 e. The van der Waals surface area contributed by atoms with E-state index in [1.165, 1.54) is 0 Å². The van der Waals surface area contributed by atoms with Gasteiger partial charge in [0.1, 0.15) is 11.3 Å². The van der Waals surface area contributed by atoms with E-state index in [9.17, 15) is 0 Å². The van der Waals surface area contributed by atoms with E-state index in [1.807, 2.05) is 4.68 Å². The zero-order chi connectivity index (χ0) is 15.5. The van der Waals surface area contributed by atoms with E-state index in [1.54, 1.807) is 17.7 Å². The Morgan fingerprint density at radius 1 is 1.33 bits per heavy atom. The van der Waals surface area contributed by atoms with E-state index in [4.69, 9.17) is 0 Å². The van der Waals surface area contributed by atoms with Gasteiger partial charge in [-0.2, -0.15) is 5.10 Å². The van der Waals surface area contributed by atoms with Crippen LogP contribution in [-0.2, 0) is 18.5 Å². The lowest BCUT2D eigenvalue weighted by molar-refractivity contribution is 0.539. The minimum Gasteiger partial charge on any atom is -0.310 e. The second-order valence-corrected chi connectivity index (χ2v) is 7.70. The van der Waals surface area contributed by atoms with Crippen molar-refractivity contribution in [2.45, 2.75) is 53.1 Å². The minimum atomic E-state index is 0.100. The van der Waals surface area contributed by atoms with Crippen molar-refractivity contribution in [3.63, 3.8) is 0 Å². The summed E-state index contributed by atoms with van der Waals surface area (Å²) in [4.78, 5) is 9.02. The molecule has 2 heterocycles. The van der Waals surface area contributed by atoms with E-state index in [0.717, 1.165) is 29.6 Å². The Labute approximate surface area is 130 Å². The molecule has 1 N–H and O–H groups in total. The highest BCUT2D eigenvalue weighted by Crippen LogP contribution is 2.24. The molecule has 2 rings (SSSR count). The summed E-state index contributed by atoms with van der Waals surface area (Å²) >= 11 is 1.69. The van der Waals surface area contributed by atoms with Crippen molar-refractivity contribution in [1.29, 1.82) is 0 Å². The summed E-state index contributed by atoms with van der Waals surface area (Å²) in [5, 5.41) is 11.0. The summed E-state index contributed by atoms with van der Waals surface area (Å²) in [5.41, 5.74) is 1.24. The SMILES string of the molecule is CC(C)CNCc1ncn(Cc2nc(C(C)(C)C)cs2)n1. The van der Waals surface area contributed by atoms with E-state index in [0.29, 0.717) is 12.5 Å². The quantitative estimate of drug-likeness (QED) is 0.891. The minimum absolute atomic E-state index is 0.100. The van der Waals surface area contributed by atoms with Gasteiger partial charge in [-0.15, -0.1) is 11.3 Å². The van der Waals surface area contributed by atoms with Crippen molar-refractivity contribution in [1.82, 2.24) is 25.1 Å². The predicted molar refractivity (Wildman–Crippen MR) is 86.5 cm³/mol. The van der Waals surface area contributed by atoms with Crippen LogP contribution in [0.1, 0.15) is 51.1 Å². The van der Waals surface area contributed by atoms with E-state index < -0.39 is 0 Å². The van der Waals surface area contributed by atoms with E-state index >= 15 is 0 Å². The van der Waals surface area contributed by atoms with Crippen molar-refractivity contribution in [2.75, 3.05) is 6.54 Å². The average Bonchev–Trinajstić information content (AvgIpc) is 2.98. The maximum Gasteiger partial charge on any atom is 0.164 e. The van der Waals surface area contributed by atoms with Crippen LogP contribution >= 0.6 is 11.3 Å². The Kier molecular flexibility index (Phi) is 5.11. The highest BCUT2D eigenvalue weighted by Gasteiger charge is 2.17. The fraction of sp³-hybridized carbons (Fsp3) is 0.667. The fourth-order valence-corrected chi connectivity index (χ4v) is 2.84. The van der Waals surface area contributed by atoms with Gasteiger partial charge in [0, 0.05) is 10.8 Å². The highest BCUT2D eigenvalue weighted by molar-refractivity contribution is 7.09. The Bertz CT molecular complexity index is 565. The molecule has 0 radical (unpaired) electrons. The van der Waals surface area contributed by atoms with Crippen LogP contribution in [-0.4, -0.2) is 26.3 Å². The van der Waals surface area contributed by atoms with Crippen LogP contribution < -0.4 is 5.32 Å². The molecule has 0 atom stereocenters. The molecule has 0 saturated heterocycles. The van der Waals surface area contributed by atoms with Gasteiger partial charge in [0.2, 0.25) is 0 Å². The van der Waals surface area contributed by atoms with Crippen molar-refractivity contribution in [3.8, 4) is 0 Å². The van der Waals surface area contributed by atoms with Crippen LogP contribution in [0.5, 0.6) is 0 Å². The zero-order valence-electron chi connectivity index (χ0n) is 13.6. The van der Waals surface area contributed by atoms with Gasteiger partial charge >= 0.3 is 0 Å². The first-order chi connectivity index (χ1) is 9.84. The van der Waals surface area contributed by atoms with Gasteiger partial charge in [-0.3, -0.25) is 0 Å². The second kappa shape index (κ2) is 6.66. The third-order valence-electron chi connectivity index (χ3n) is 3.04. The monoisotopic (exact) mass is 307 g/mol. The molecule has 0 bridgehead atoms. The van der Waals surface area contributed by atoms with Gasteiger partial charge in [-0.1, -0.05) is 34.6 Å². The molecule has 0 aliphatic rings. The molecule has 5 nitrogen and oxygen atoms in total. The number of thiazole rings is 1. The molecule has 21 heavy (non-hydrogen) atoms. The molecule has 0 amide bonds. The van der Waals surface area contributed by atoms with Gasteiger partial charge in [-0.25, -0.2) is 14.6 Å². The van der Waals surface area contributed by atoms with Crippen molar-refractivity contribution >= 4 is 11.3 Å². The van der Waals surface area contributed by atoms with E-state index in [2.05, 4.69) is 60.4 Å². The molecule has 2 aromatic heterocycles. The molecule has 0 aliphatic heterocycles. The molecule has 6 heteroatoms. The molecule has 0 unspecified atom stereocenters. The highest BCUT2D eigenvalue weighted by atomic mass is 32.1. The number of hydrogen-bond acceptors (Lipinski definition) is 5. The fourth-order valence-electron chi connectivity index (χ4n) is 1.83. The van der Waals surface area contributed by atoms with Crippen molar-refractivity contribution < 1.29 is 0 Å². The second-order valence-electron chi connectivity index (χ2n) is 6.76. The maximum absolute atomic E-state index is 4.69. The van der Waals surface area contributed by atoms with Crippen LogP contribution in [0.25, 0.3) is 0 Å². The largest absolute Gasteiger partial charge is 0.310 e. The zero-order valence-corrected chi connectivity index (χ0v) is 14.4. The number of hydrogen-bond donors (Lipinski definition) is 1. The van der Waals surface area contributed by atoms with Crippen LogP contribution in [0.2, 0.25) is 0 Å². The number of aromatic nitrogens is 4. The molecule has 0 saturated carbocycles.